The van der Waals surface area contributed by atoms with E-state index in [1.165, 1.54) is 47.0 Å². The molecule has 31 heteroatoms. The quantitative estimate of drug-likeness (QED) is 0.0105. The van der Waals surface area contributed by atoms with Gasteiger partial charge in [0, 0.05) is 85.3 Å². The number of hydrogen-bond acceptors (Lipinski definition) is 15. The number of phenolic OH excluding ortho intramolecular Hbond substituents is 1. The first kappa shape index (κ1) is 80.9. The predicted octanol–water partition coefficient (Wildman–Crippen LogP) is 8.24. The van der Waals surface area contributed by atoms with Crippen LogP contribution < -0.4 is 47.1 Å². The molecule has 576 valence electrons. The van der Waals surface area contributed by atoms with Crippen LogP contribution in [-0.2, 0) is 81.1 Å². The van der Waals surface area contributed by atoms with Gasteiger partial charge in [-0.1, -0.05) is 69.0 Å². The molecule has 5 aromatic carbocycles. The van der Waals surface area contributed by atoms with Crippen LogP contribution >= 0.6 is 0 Å². The number of morpholine rings is 1. The van der Waals surface area contributed by atoms with Crippen molar-refractivity contribution in [2.45, 2.75) is 117 Å². The lowest BCUT2D eigenvalue weighted by Gasteiger charge is -2.41. The number of nitrogens with one attached hydrogen (secondary N) is 5. The van der Waals surface area contributed by atoms with Crippen molar-refractivity contribution in [3.8, 4) is 22.8 Å². The molecule has 0 spiro atoms. The molecule has 1 saturated heterocycles. The Morgan fingerprint density at radius 2 is 1.57 bits per heavy atom. The molecule has 0 aliphatic carbocycles. The second-order valence-electron chi connectivity index (χ2n) is 27.2. The molecule has 0 radical (unpaired) electrons. The maximum Gasteiger partial charge on any atom is 0.430 e. The number of nitrogens with zero attached hydrogens (tertiary/aromatic N) is 7. The maximum absolute atomic E-state index is 15.3. The molecule has 8 N–H and O–H groups in total. The van der Waals surface area contributed by atoms with Gasteiger partial charge >= 0.3 is 24.9 Å². The zero-order chi connectivity index (χ0) is 78.1. The fraction of sp³-hybridized carbons (Fsp3) is 0.390. The molecule has 5 heterocycles. The van der Waals surface area contributed by atoms with Gasteiger partial charge in [0.1, 0.15) is 68.9 Å². The normalized spacial score (nSPS) is 15.1. The SMILES string of the molecule is C=CCOC(=O)N[C@H](C(=O)N[C@@H](CCCNC(N)=O)C(=O)Nc1ccc(C[N+]2(CCOc3ccc(CC(=O)N4CCc5cc(-c6cc(C(=O)N(c7ccc(O)cc7)c7cnn(C(F)F)c7)c(C)n6C)c(C(=O)N6Cc7ccccc7C[C@H]6C)cc5C4)cc3)CCOCC2)c(CNC)c1)C(C)C.O=C([O-])C(F)(F)F. The number of carboxylic acids is 1. The summed E-state index contributed by atoms with van der Waals surface area (Å²) in [7, 11) is 3.66. The molecule has 26 nitrogen and oxygen atoms in total. The maximum atomic E-state index is 15.3. The summed E-state index contributed by atoms with van der Waals surface area (Å²) in [5, 5.41) is 36.9. The molecule has 3 aliphatic rings. The van der Waals surface area contributed by atoms with E-state index in [-0.39, 0.29) is 73.3 Å². The van der Waals surface area contributed by atoms with Crippen LogP contribution in [0, 0.1) is 12.8 Å². The number of rotatable bonds is 28. The number of carbonyl (C=O) groups is 8. The van der Waals surface area contributed by atoms with Gasteiger partial charge in [0.25, 0.3) is 11.8 Å². The van der Waals surface area contributed by atoms with Crippen LogP contribution in [0.3, 0.4) is 0 Å². The van der Waals surface area contributed by atoms with Crippen LogP contribution in [0.25, 0.3) is 11.3 Å². The fourth-order valence-electron chi connectivity index (χ4n) is 13.4. The van der Waals surface area contributed by atoms with Gasteiger partial charge in [0.15, 0.2) is 0 Å². The number of nitrogens with two attached hydrogens (primary N) is 1. The van der Waals surface area contributed by atoms with Gasteiger partial charge in [0.2, 0.25) is 17.7 Å². The van der Waals surface area contributed by atoms with Crippen molar-refractivity contribution in [1.82, 2.24) is 45.4 Å². The van der Waals surface area contributed by atoms with Crippen molar-refractivity contribution in [1.29, 1.82) is 0 Å². The summed E-state index contributed by atoms with van der Waals surface area (Å²) in [5.74, 6) is -4.67. The second kappa shape index (κ2) is 36.4. The molecule has 0 bridgehead atoms. The van der Waals surface area contributed by atoms with Crippen molar-refractivity contribution in [3.05, 3.63) is 190 Å². The number of alkyl carbamates (subject to hydrolysis) is 1. The van der Waals surface area contributed by atoms with Crippen molar-refractivity contribution in [3.63, 3.8) is 0 Å². The Hall–Kier alpha value is -11.2. The van der Waals surface area contributed by atoms with Crippen LogP contribution in [0.5, 0.6) is 11.5 Å². The molecule has 0 saturated carbocycles. The van der Waals surface area contributed by atoms with Crippen molar-refractivity contribution in [2.75, 3.05) is 76.4 Å². The van der Waals surface area contributed by atoms with Gasteiger partial charge in [-0.3, -0.25) is 28.9 Å². The van der Waals surface area contributed by atoms with E-state index in [4.69, 9.17) is 29.8 Å². The minimum absolute atomic E-state index is 0.0482. The number of aromatic hydroxyl groups is 1. The van der Waals surface area contributed by atoms with Crippen LogP contribution in [0.1, 0.15) is 106 Å². The van der Waals surface area contributed by atoms with E-state index in [1.54, 1.807) is 26.8 Å². The second-order valence-corrected chi connectivity index (χ2v) is 27.2. The highest BCUT2D eigenvalue weighted by atomic mass is 19.4. The largest absolute Gasteiger partial charge is 0.542 e. The first-order valence-corrected chi connectivity index (χ1v) is 35.3. The zero-order valence-corrected chi connectivity index (χ0v) is 60.9. The fourth-order valence-corrected chi connectivity index (χ4v) is 13.4. The van der Waals surface area contributed by atoms with Crippen LogP contribution in [0.15, 0.2) is 134 Å². The van der Waals surface area contributed by atoms with Crippen molar-refractivity contribution in [2.24, 2.45) is 18.7 Å². The molecular formula is C77H90F5N13O13. The first-order chi connectivity index (χ1) is 51.5. The molecule has 0 unspecified atom stereocenters. The third kappa shape index (κ3) is 20.7. The van der Waals surface area contributed by atoms with Gasteiger partial charge in [0.05, 0.1) is 43.3 Å². The number of carboxylic acid groups (broad SMARTS) is 1. The number of benzene rings is 5. The van der Waals surface area contributed by atoms with Gasteiger partial charge in [-0.15, -0.1) is 0 Å². The van der Waals surface area contributed by atoms with E-state index in [0.29, 0.717) is 121 Å². The highest BCUT2D eigenvalue weighted by molar-refractivity contribution is 6.12. The number of phenols is 1. The number of aliphatic carboxylic acids is 1. The molecule has 8 amide bonds. The molecule has 10 rings (SSSR count). The standard InChI is InChI=1S/C75H89F2N13O11.C2HF3O2/c1-8-31-101-75(98)84-68(47(2)3)70(94)83-65(14-11-26-80-74(78)97)69(93)82-57-18-17-54(55(37-57)41-79-6)46-90(28-32-99-33-29-90)30-34-100-61-23-15-50(16-24-61)36-67(92)86-27-25-52-38-63(64(39-56(52)43-86)71(95)87-44-53-13-10-9-12-51(53)35-48(87)4)66-40-62(49(5)85(66)7)72(96)89(58-19-21-60(91)22-20-58)59-42-81-88(45-59)73(76)77;3-2(4,5)1(6)7/h8-10,12-13,15-24,37-40,42,45,47-48,65,68,73,79H,1,11,14,25-36,41,43-44,46H2,2-7H3,(H6-,78,80,82,83,84,91,93,94,97,98);(H,6,7)/t48-,65+,68+;/m1./s1. The highest BCUT2D eigenvalue weighted by Gasteiger charge is 2.37. The topological polar surface area (TPSA) is 326 Å². The lowest BCUT2D eigenvalue weighted by molar-refractivity contribution is -0.947. The molecule has 1 fully saturated rings. The lowest BCUT2D eigenvalue weighted by atomic mass is 9.89. The van der Waals surface area contributed by atoms with E-state index >= 15 is 4.79 Å². The summed E-state index contributed by atoms with van der Waals surface area (Å²) in [5.41, 5.74) is 15.4. The van der Waals surface area contributed by atoms with Gasteiger partial charge in [-0.25, -0.2) is 14.3 Å². The van der Waals surface area contributed by atoms with Crippen molar-refractivity contribution >= 4 is 64.7 Å². The van der Waals surface area contributed by atoms with E-state index < -0.39 is 60.6 Å². The Morgan fingerprint density at radius 3 is 2.22 bits per heavy atom. The van der Waals surface area contributed by atoms with E-state index in [9.17, 15) is 55.8 Å². The Kier molecular flexibility index (Phi) is 27.3. The molecule has 108 heavy (non-hydrogen) atoms. The Bertz CT molecular complexity index is 4390. The Labute approximate surface area is 621 Å². The van der Waals surface area contributed by atoms with Gasteiger partial charge < -0.3 is 80.4 Å². The zero-order valence-electron chi connectivity index (χ0n) is 60.9. The average Bonchev–Trinajstić information content (AvgIpc) is 1.52. The van der Waals surface area contributed by atoms with Crippen LogP contribution in [0.4, 0.5) is 48.6 Å². The molecule has 7 aromatic rings. The molecule has 3 aliphatic heterocycles. The number of ether oxygens (including phenoxy) is 3. The number of carbonyl (C=O) groups excluding carboxylic acids is 8. The number of aromatic nitrogens is 3. The Morgan fingerprint density at radius 1 is 0.870 bits per heavy atom. The summed E-state index contributed by atoms with van der Waals surface area (Å²) in [6.45, 7) is 13.9. The summed E-state index contributed by atoms with van der Waals surface area (Å²) >= 11 is 0. The van der Waals surface area contributed by atoms with Gasteiger partial charge in [-0.2, -0.15) is 27.1 Å². The summed E-state index contributed by atoms with van der Waals surface area (Å²) < 4.78 is 79.7. The average molecular weight is 1500 g/mol. The number of hydrogen-bond donors (Lipinski definition) is 7. The number of urea groups is 1. The van der Waals surface area contributed by atoms with Crippen LogP contribution in [-0.4, -0.2) is 172 Å². The third-order valence-corrected chi connectivity index (χ3v) is 19.4. The number of fused-ring (bicyclic) bond motifs is 2. The monoisotopic (exact) mass is 1500 g/mol. The minimum Gasteiger partial charge on any atom is -0.542 e. The molecular weight excluding hydrogens is 1410 g/mol. The number of alkyl halides is 5. The number of anilines is 3. The number of primary amides is 1. The first-order valence-electron chi connectivity index (χ1n) is 35.3. The van der Waals surface area contributed by atoms with E-state index in [0.717, 1.165) is 52.7 Å². The summed E-state index contributed by atoms with van der Waals surface area (Å²) in [6.07, 6.45) is -0.589. The smallest absolute Gasteiger partial charge is 0.430 e. The number of amides is 8. The highest BCUT2D eigenvalue weighted by Crippen LogP contribution is 2.38. The molecule has 3 atom stereocenters. The Balaban J connectivity index is 0.00000183. The lowest BCUT2D eigenvalue weighted by Crippen LogP contribution is -2.56. The number of halogens is 5. The summed E-state index contributed by atoms with van der Waals surface area (Å²) in [6, 6.07) is 29.9. The van der Waals surface area contributed by atoms with E-state index in [2.05, 4.69) is 44.3 Å². The number of quaternary nitrogens is 1. The van der Waals surface area contributed by atoms with Gasteiger partial charge in [-0.05, 0) is 153 Å². The molecule has 2 aromatic heterocycles. The summed E-state index contributed by atoms with van der Waals surface area (Å²) in [4.78, 5) is 110. The third-order valence-electron chi connectivity index (χ3n) is 19.4. The predicted molar refractivity (Wildman–Crippen MR) is 388 cm³/mol. The van der Waals surface area contributed by atoms with E-state index in [1.807, 2.05) is 108 Å². The van der Waals surface area contributed by atoms with Crippen LogP contribution in [0.2, 0.25) is 0 Å². The minimum atomic E-state index is -5.19. The van der Waals surface area contributed by atoms with Crippen molar-refractivity contribution < 1.29 is 89.2 Å².